The molecule has 1 aromatic carbocycles. The van der Waals surface area contributed by atoms with Crippen LogP contribution in [-0.4, -0.2) is 22.4 Å². The van der Waals surface area contributed by atoms with E-state index in [0.717, 1.165) is 11.7 Å². The minimum absolute atomic E-state index is 0.682. The maximum Gasteiger partial charge on any atom is 0.170 e. The van der Waals surface area contributed by atoms with E-state index >= 15 is 0 Å². The molecule has 0 saturated carbocycles. The second kappa shape index (κ2) is 5.92. The van der Waals surface area contributed by atoms with Gasteiger partial charge >= 0.3 is 0 Å². The van der Waals surface area contributed by atoms with Crippen molar-refractivity contribution in [2.75, 3.05) is 6.16 Å². The summed E-state index contributed by atoms with van der Waals surface area (Å²) in [5.41, 5.74) is 1.15. The average molecular weight is 210 g/mol. The van der Waals surface area contributed by atoms with Gasteiger partial charge in [0, 0.05) is 0 Å². The molecule has 1 aromatic rings. The van der Waals surface area contributed by atoms with E-state index in [1.807, 2.05) is 30.3 Å². The lowest BCUT2D eigenvalue weighted by atomic mass is 10.2. The van der Waals surface area contributed by atoms with Crippen molar-refractivity contribution >= 4 is 7.92 Å². The molecule has 3 heteroatoms. The summed E-state index contributed by atoms with van der Waals surface area (Å²) in [6.07, 6.45) is 3.16. The van der Waals surface area contributed by atoms with Crippen LogP contribution in [0.15, 0.2) is 43.0 Å². The molecule has 1 atom stereocenters. The molecule has 2 nitrogen and oxygen atoms in total. The van der Waals surface area contributed by atoms with Gasteiger partial charge in [-0.2, -0.15) is 0 Å². The normalized spacial score (nSPS) is 12.8. The summed E-state index contributed by atoms with van der Waals surface area (Å²) in [5.74, 6) is 0. The first kappa shape index (κ1) is 11.4. The van der Waals surface area contributed by atoms with E-state index in [-0.39, 0.29) is 0 Å². The fraction of sp³-hybridized carbons (Fsp3) is 0.273. The van der Waals surface area contributed by atoms with Crippen LogP contribution in [0.1, 0.15) is 5.56 Å². The Bertz CT molecular complexity index is 272. The maximum absolute atomic E-state index is 9.14. The van der Waals surface area contributed by atoms with Crippen molar-refractivity contribution in [1.82, 2.24) is 0 Å². The third-order valence-electron chi connectivity index (χ3n) is 1.92. The van der Waals surface area contributed by atoms with Crippen LogP contribution in [0.3, 0.4) is 0 Å². The number of rotatable bonds is 5. The van der Waals surface area contributed by atoms with Crippen LogP contribution in [0.25, 0.3) is 0 Å². The summed E-state index contributed by atoms with van der Waals surface area (Å²) in [7, 11) is -0.803. The van der Waals surface area contributed by atoms with Crippen molar-refractivity contribution in [3.8, 4) is 0 Å². The van der Waals surface area contributed by atoms with Crippen LogP contribution in [0.5, 0.6) is 0 Å². The molecule has 0 radical (unpaired) electrons. The Morgan fingerprint density at radius 2 is 1.93 bits per heavy atom. The molecule has 0 spiro atoms. The molecule has 2 N–H and O–H groups in total. The lowest BCUT2D eigenvalue weighted by molar-refractivity contribution is 0.0344. The molecule has 0 fully saturated rings. The summed E-state index contributed by atoms with van der Waals surface area (Å²) >= 11 is 0. The SMILES string of the molecule is C=CCP(Cc1ccccc1)C(O)O. The van der Waals surface area contributed by atoms with Crippen LogP contribution in [0, 0.1) is 0 Å². The molecule has 1 unspecified atom stereocenters. The van der Waals surface area contributed by atoms with E-state index in [0.29, 0.717) is 6.16 Å². The highest BCUT2D eigenvalue weighted by molar-refractivity contribution is 7.57. The summed E-state index contributed by atoms with van der Waals surface area (Å²) in [6, 6.07) is 8.67. The van der Waals surface area contributed by atoms with Gasteiger partial charge in [-0.05, 0) is 25.8 Å². The minimum atomic E-state index is -1.21. The Balaban J connectivity index is 2.60. The second-order valence-electron chi connectivity index (χ2n) is 3.05. The van der Waals surface area contributed by atoms with Gasteiger partial charge in [0.05, 0.1) is 0 Å². The van der Waals surface area contributed by atoms with E-state index < -0.39 is 14.0 Å². The number of aliphatic hydroxyl groups excluding tert-OH is 1. The molecule has 14 heavy (non-hydrogen) atoms. The molecule has 0 bridgehead atoms. The van der Waals surface area contributed by atoms with Gasteiger partial charge in [-0.1, -0.05) is 36.4 Å². The first-order valence-corrected chi connectivity index (χ1v) is 6.27. The van der Waals surface area contributed by atoms with Crippen LogP contribution in [-0.2, 0) is 6.16 Å². The van der Waals surface area contributed by atoms with Crippen LogP contribution in [0.2, 0.25) is 0 Å². The highest BCUT2D eigenvalue weighted by Gasteiger charge is 2.14. The van der Waals surface area contributed by atoms with Gasteiger partial charge in [0.1, 0.15) is 0 Å². The summed E-state index contributed by atoms with van der Waals surface area (Å²) in [6.45, 7) is 3.62. The molecule has 0 aromatic heterocycles. The predicted molar refractivity (Wildman–Crippen MR) is 60.4 cm³/mol. The number of aliphatic hydroxyl groups is 2. The number of allylic oxidation sites excluding steroid dienone is 1. The molecule has 0 amide bonds. The lowest BCUT2D eigenvalue weighted by Crippen LogP contribution is -2.05. The van der Waals surface area contributed by atoms with Crippen molar-refractivity contribution in [2.24, 2.45) is 0 Å². The lowest BCUT2D eigenvalue weighted by Gasteiger charge is -2.17. The summed E-state index contributed by atoms with van der Waals surface area (Å²) in [5, 5.41) is 18.3. The molecule has 0 saturated heterocycles. The zero-order valence-corrected chi connectivity index (χ0v) is 8.90. The fourth-order valence-electron chi connectivity index (χ4n) is 1.22. The Labute approximate surface area is 85.7 Å². The predicted octanol–water partition coefficient (Wildman–Crippen LogP) is 2.12. The molecule has 0 aliphatic heterocycles. The van der Waals surface area contributed by atoms with Crippen molar-refractivity contribution in [2.45, 2.75) is 12.2 Å². The average Bonchev–Trinajstić information content (AvgIpc) is 2.18. The van der Waals surface area contributed by atoms with Crippen molar-refractivity contribution in [1.29, 1.82) is 0 Å². The van der Waals surface area contributed by atoms with Gasteiger partial charge in [-0.15, -0.1) is 6.58 Å². The number of hydrogen-bond acceptors (Lipinski definition) is 2. The number of hydrogen-bond donors (Lipinski definition) is 2. The third-order valence-corrected chi connectivity index (χ3v) is 4.07. The Kier molecular flexibility index (Phi) is 4.81. The highest BCUT2D eigenvalue weighted by Crippen LogP contribution is 2.42. The molecular weight excluding hydrogens is 195 g/mol. The van der Waals surface area contributed by atoms with Gasteiger partial charge < -0.3 is 10.2 Å². The van der Waals surface area contributed by atoms with Crippen LogP contribution < -0.4 is 0 Å². The maximum atomic E-state index is 9.14. The fourth-order valence-corrected chi connectivity index (χ4v) is 2.72. The van der Waals surface area contributed by atoms with E-state index in [4.69, 9.17) is 10.2 Å². The Morgan fingerprint density at radius 3 is 2.43 bits per heavy atom. The highest BCUT2D eigenvalue weighted by atomic mass is 31.1. The quantitative estimate of drug-likeness (QED) is 0.444. The van der Waals surface area contributed by atoms with E-state index in [1.165, 1.54) is 0 Å². The zero-order valence-electron chi connectivity index (χ0n) is 8.00. The van der Waals surface area contributed by atoms with Crippen molar-refractivity contribution in [3.05, 3.63) is 48.6 Å². The largest absolute Gasteiger partial charge is 0.365 e. The van der Waals surface area contributed by atoms with Gasteiger partial charge in [0.2, 0.25) is 0 Å². The van der Waals surface area contributed by atoms with Crippen molar-refractivity contribution < 1.29 is 10.2 Å². The Morgan fingerprint density at radius 1 is 1.29 bits per heavy atom. The third kappa shape index (κ3) is 3.59. The van der Waals surface area contributed by atoms with E-state index in [9.17, 15) is 0 Å². The molecule has 0 heterocycles. The number of benzene rings is 1. The molecule has 1 rings (SSSR count). The van der Waals surface area contributed by atoms with Gasteiger partial charge in [0.25, 0.3) is 0 Å². The van der Waals surface area contributed by atoms with E-state index in [1.54, 1.807) is 6.08 Å². The molecule has 0 aliphatic carbocycles. The Hall–Kier alpha value is -0.690. The van der Waals surface area contributed by atoms with Gasteiger partial charge in [-0.3, -0.25) is 0 Å². The zero-order chi connectivity index (χ0) is 10.4. The smallest absolute Gasteiger partial charge is 0.170 e. The summed E-state index contributed by atoms with van der Waals surface area (Å²) in [4.78, 5) is 0. The first-order chi connectivity index (χ1) is 6.74. The van der Waals surface area contributed by atoms with Crippen LogP contribution >= 0.6 is 7.92 Å². The standard InChI is InChI=1S/C11H15O2P/c1-2-8-14(11(12)13)9-10-6-4-3-5-7-10/h2-7,11-13H,1,8-9H2. The summed E-state index contributed by atoms with van der Waals surface area (Å²) < 4.78 is 0. The molecule has 76 valence electrons. The van der Waals surface area contributed by atoms with Crippen LogP contribution in [0.4, 0.5) is 0 Å². The van der Waals surface area contributed by atoms with Crippen molar-refractivity contribution in [3.63, 3.8) is 0 Å². The molecular formula is C11H15O2P. The van der Waals surface area contributed by atoms with E-state index in [2.05, 4.69) is 6.58 Å². The van der Waals surface area contributed by atoms with Gasteiger partial charge in [-0.25, -0.2) is 0 Å². The monoisotopic (exact) mass is 210 g/mol. The van der Waals surface area contributed by atoms with Gasteiger partial charge in [0.15, 0.2) is 6.03 Å². The second-order valence-corrected chi connectivity index (χ2v) is 5.37. The first-order valence-electron chi connectivity index (χ1n) is 4.49. The molecule has 0 aliphatic rings. The topological polar surface area (TPSA) is 40.5 Å². The minimum Gasteiger partial charge on any atom is -0.365 e.